The second-order valence-corrected chi connectivity index (χ2v) is 16.9. The summed E-state index contributed by atoms with van der Waals surface area (Å²) in [5, 5.41) is 17.1. The van der Waals surface area contributed by atoms with Gasteiger partial charge in [-0.05, 0) is 54.4 Å². The highest BCUT2D eigenvalue weighted by atomic mass is 35.5. The fraction of sp³-hybridized carbons (Fsp3) is 0.680. The van der Waals surface area contributed by atoms with E-state index in [1.165, 1.54) is 19.3 Å². The van der Waals surface area contributed by atoms with E-state index in [9.17, 15) is 5.11 Å². The van der Waals surface area contributed by atoms with E-state index in [0.717, 1.165) is 36.0 Å². The first-order valence-corrected chi connectivity index (χ1v) is 15.7. The van der Waals surface area contributed by atoms with Crippen LogP contribution in [-0.2, 0) is 9.16 Å². The molecule has 2 aromatic rings. The van der Waals surface area contributed by atoms with Crippen LogP contribution in [0.3, 0.4) is 0 Å². The highest BCUT2D eigenvalue weighted by Gasteiger charge is 2.44. The van der Waals surface area contributed by atoms with E-state index in [4.69, 9.17) is 20.8 Å². The van der Waals surface area contributed by atoms with E-state index >= 15 is 0 Å². The Morgan fingerprint density at radius 3 is 2.59 bits per heavy atom. The van der Waals surface area contributed by atoms with E-state index in [1.54, 1.807) is 4.68 Å². The molecule has 7 nitrogen and oxygen atoms in total. The number of fused-ring (bicyclic) bond motifs is 2. The zero-order chi connectivity index (χ0) is 24.4. The summed E-state index contributed by atoms with van der Waals surface area (Å²) in [6.45, 7) is 17.6. The third-order valence-corrected chi connectivity index (χ3v) is 13.3. The summed E-state index contributed by atoms with van der Waals surface area (Å²) >= 11 is 6.48. The topological polar surface area (TPSA) is 72.6 Å². The van der Waals surface area contributed by atoms with Gasteiger partial charge < -0.3 is 19.2 Å². The van der Waals surface area contributed by atoms with Crippen LogP contribution in [0.5, 0.6) is 0 Å². The second kappa shape index (κ2) is 8.59. The number of nitrogens with zero attached hydrogens (tertiary/aromatic N) is 4. The largest absolute Gasteiger partial charge is 0.414 e. The molecule has 0 unspecified atom stereocenters. The number of hydrogen-bond donors (Lipinski definition) is 1. The van der Waals surface area contributed by atoms with Crippen LogP contribution in [0.2, 0.25) is 23.3 Å². The van der Waals surface area contributed by atoms with Crippen LogP contribution in [-0.4, -0.2) is 60.1 Å². The summed E-state index contributed by atoms with van der Waals surface area (Å²) in [6.07, 6.45) is 3.77. The van der Waals surface area contributed by atoms with E-state index in [2.05, 4.69) is 55.4 Å². The lowest BCUT2D eigenvalue weighted by Gasteiger charge is -2.36. The number of rotatable bonds is 5. The molecular formula is C25H37ClN4O3Si. The molecule has 3 aliphatic rings. The highest BCUT2D eigenvalue weighted by Crippen LogP contribution is 2.43. The van der Waals surface area contributed by atoms with Crippen molar-refractivity contribution in [3.05, 3.63) is 29.6 Å². The Hall–Kier alpha value is -1.45. The number of anilines is 1. The Labute approximate surface area is 208 Å². The van der Waals surface area contributed by atoms with Gasteiger partial charge in [-0.15, -0.1) is 0 Å². The van der Waals surface area contributed by atoms with Crippen molar-refractivity contribution < 1.29 is 14.3 Å². The molecule has 2 aliphatic heterocycles. The first-order chi connectivity index (χ1) is 16.0. The van der Waals surface area contributed by atoms with E-state index < -0.39 is 26.8 Å². The minimum absolute atomic E-state index is 0.0915. The number of hydrogen-bond acceptors (Lipinski definition) is 6. The van der Waals surface area contributed by atoms with Crippen molar-refractivity contribution in [2.75, 3.05) is 24.6 Å². The van der Waals surface area contributed by atoms with Crippen molar-refractivity contribution in [1.29, 1.82) is 0 Å². The van der Waals surface area contributed by atoms with Gasteiger partial charge in [-0.3, -0.25) is 0 Å². The quantitative estimate of drug-likeness (QED) is 0.344. The van der Waals surface area contributed by atoms with Gasteiger partial charge in [0, 0.05) is 13.1 Å². The minimum atomic E-state index is -1.96. The van der Waals surface area contributed by atoms with E-state index in [0.29, 0.717) is 23.0 Å². The number of aliphatic hydroxyl groups excluding tert-OH is 1. The maximum atomic E-state index is 11.0. The van der Waals surface area contributed by atoms with Crippen molar-refractivity contribution in [1.82, 2.24) is 14.8 Å². The van der Waals surface area contributed by atoms with Gasteiger partial charge in [-0.25, -0.2) is 9.67 Å². The smallest absolute Gasteiger partial charge is 0.192 e. The molecule has 0 amide bonds. The van der Waals surface area contributed by atoms with Gasteiger partial charge >= 0.3 is 0 Å². The van der Waals surface area contributed by atoms with Gasteiger partial charge in [0.2, 0.25) is 0 Å². The van der Waals surface area contributed by atoms with Gasteiger partial charge in [0.15, 0.2) is 20.2 Å². The van der Waals surface area contributed by atoms with Crippen molar-refractivity contribution in [2.24, 2.45) is 11.8 Å². The molecule has 186 valence electrons. The van der Waals surface area contributed by atoms with E-state index in [1.807, 2.05) is 12.3 Å². The Morgan fingerprint density at radius 2 is 1.94 bits per heavy atom. The fourth-order valence-electron chi connectivity index (χ4n) is 5.39. The number of halogens is 1. The predicted octanol–water partition coefficient (Wildman–Crippen LogP) is 5.16. The molecule has 1 N–H and O–H groups in total. The third-order valence-electron chi connectivity index (χ3n) is 8.59. The Balaban J connectivity index is 1.39. The Kier molecular flexibility index (Phi) is 6.13. The summed E-state index contributed by atoms with van der Waals surface area (Å²) in [6, 6.07) is 1.94. The van der Waals surface area contributed by atoms with Crippen LogP contribution in [0.15, 0.2) is 24.4 Å². The lowest BCUT2D eigenvalue weighted by molar-refractivity contribution is -0.0531. The predicted molar refractivity (Wildman–Crippen MR) is 138 cm³/mol. The number of pyridine rings is 1. The molecule has 5 rings (SSSR count). The molecule has 0 bridgehead atoms. The van der Waals surface area contributed by atoms with Gasteiger partial charge in [0.25, 0.3) is 0 Å². The molecule has 0 spiro atoms. The monoisotopic (exact) mass is 504 g/mol. The van der Waals surface area contributed by atoms with Crippen LogP contribution in [0.4, 0.5) is 5.69 Å². The van der Waals surface area contributed by atoms with Crippen LogP contribution in [0.25, 0.3) is 11.0 Å². The summed E-state index contributed by atoms with van der Waals surface area (Å²) in [4.78, 5) is 7.01. The summed E-state index contributed by atoms with van der Waals surface area (Å²) in [5.74, 6) is 1.53. The fourth-order valence-corrected chi connectivity index (χ4v) is 6.58. The summed E-state index contributed by atoms with van der Waals surface area (Å²) < 4.78 is 14.3. The second-order valence-electron chi connectivity index (χ2n) is 11.8. The molecule has 2 saturated heterocycles. The lowest BCUT2D eigenvalue weighted by atomic mass is 10.0. The Bertz CT molecular complexity index is 1090. The first-order valence-electron chi connectivity index (χ1n) is 12.4. The average Bonchev–Trinajstić information content (AvgIpc) is 3.50. The number of ether oxygens (including phenoxy) is 1. The van der Waals surface area contributed by atoms with Gasteiger partial charge in [-0.1, -0.05) is 45.4 Å². The van der Waals surface area contributed by atoms with Gasteiger partial charge in [-0.2, -0.15) is 5.10 Å². The van der Waals surface area contributed by atoms with Crippen molar-refractivity contribution in [2.45, 2.75) is 76.6 Å². The van der Waals surface area contributed by atoms with Crippen LogP contribution < -0.4 is 4.90 Å². The number of aliphatic hydroxyl groups is 1. The molecule has 5 atom stereocenters. The van der Waals surface area contributed by atoms with Gasteiger partial charge in [0.05, 0.1) is 23.9 Å². The SMILES string of the molecule is C=C1[C@@H](O)[C@H](n2ncc3c(N4C[C@H]5CCC[C@H]5C4)cc(Cl)nc32)O[C@@H]1CO[Si](C)(C)C(C)(C)C. The average molecular weight is 505 g/mol. The molecule has 2 aromatic heterocycles. The van der Waals surface area contributed by atoms with Gasteiger partial charge in [0.1, 0.15) is 17.4 Å². The van der Waals surface area contributed by atoms with Crippen molar-refractivity contribution >= 4 is 36.6 Å². The van der Waals surface area contributed by atoms with Crippen molar-refractivity contribution in [3.8, 4) is 0 Å². The first kappa shape index (κ1) is 24.3. The maximum Gasteiger partial charge on any atom is 0.192 e. The third kappa shape index (κ3) is 4.11. The number of aromatic nitrogens is 3. The zero-order valence-corrected chi connectivity index (χ0v) is 22.7. The van der Waals surface area contributed by atoms with Crippen LogP contribution >= 0.6 is 11.6 Å². The summed E-state index contributed by atoms with van der Waals surface area (Å²) in [7, 11) is -1.96. The normalized spacial score (nSPS) is 30.0. The summed E-state index contributed by atoms with van der Waals surface area (Å²) in [5.41, 5.74) is 2.31. The minimum Gasteiger partial charge on any atom is -0.414 e. The zero-order valence-electron chi connectivity index (χ0n) is 20.9. The lowest BCUT2D eigenvalue weighted by Crippen LogP contribution is -2.42. The molecule has 0 aromatic carbocycles. The molecule has 0 radical (unpaired) electrons. The highest BCUT2D eigenvalue weighted by molar-refractivity contribution is 6.74. The van der Waals surface area contributed by atoms with Crippen LogP contribution in [0.1, 0.15) is 46.3 Å². The molecule has 9 heteroatoms. The molecule has 1 saturated carbocycles. The molecule has 1 aliphatic carbocycles. The molecule has 3 fully saturated rings. The molecule has 4 heterocycles. The van der Waals surface area contributed by atoms with E-state index in [-0.39, 0.29) is 5.04 Å². The van der Waals surface area contributed by atoms with Crippen LogP contribution in [0, 0.1) is 11.8 Å². The molecule has 34 heavy (non-hydrogen) atoms. The van der Waals surface area contributed by atoms with Crippen molar-refractivity contribution in [3.63, 3.8) is 0 Å². The standard InChI is InChI=1S/C25H37ClN4O3Si/c1-15-20(14-32-34(5,6)25(2,3)4)33-24(22(15)31)30-23-18(11-27-30)19(10-21(26)28-23)29-12-16-8-7-9-17(16)13-29/h10-11,16-17,20,22,24,31H,1,7-9,12-14H2,2-6H3/t16-,17+,20-,22-,24-/m1/s1. The maximum absolute atomic E-state index is 11.0. The Morgan fingerprint density at radius 1 is 1.26 bits per heavy atom. The molecular weight excluding hydrogens is 468 g/mol.